The van der Waals surface area contributed by atoms with Crippen LogP contribution in [0.15, 0.2) is 12.2 Å². The van der Waals surface area contributed by atoms with Gasteiger partial charge in [0.1, 0.15) is 6.04 Å². The number of nitrogens with two attached hydrogens (primary N) is 1. The van der Waals surface area contributed by atoms with Crippen molar-refractivity contribution in [2.24, 2.45) is 5.73 Å². The summed E-state index contributed by atoms with van der Waals surface area (Å²) in [5.41, 5.74) is 5.09. The molecule has 0 fully saturated rings. The highest BCUT2D eigenvalue weighted by molar-refractivity contribution is 5.75. The molecule has 4 heteroatoms. The molecule has 4 N–H and O–H groups in total. The average molecular weight is 145 g/mol. The Morgan fingerprint density at radius 3 is 2.70 bits per heavy atom. The van der Waals surface area contributed by atoms with E-state index in [4.69, 9.17) is 15.9 Å². The second-order valence-electron chi connectivity index (χ2n) is 1.80. The second kappa shape index (κ2) is 4.96. The van der Waals surface area contributed by atoms with Gasteiger partial charge < -0.3 is 15.9 Å². The maximum absolute atomic E-state index is 10.1. The van der Waals surface area contributed by atoms with Gasteiger partial charge in [0.05, 0.1) is 0 Å². The molecule has 0 unspecified atom stereocenters. The van der Waals surface area contributed by atoms with Gasteiger partial charge >= 0.3 is 5.97 Å². The number of carboxylic acid groups (broad SMARTS) is 1. The molecule has 0 saturated carbocycles. The largest absolute Gasteiger partial charge is 0.480 e. The van der Waals surface area contributed by atoms with E-state index < -0.39 is 12.0 Å². The number of aliphatic hydroxyl groups is 1. The molecule has 1 atom stereocenters. The summed E-state index contributed by atoms with van der Waals surface area (Å²) in [7, 11) is 0. The fraction of sp³-hybridized carbons (Fsp3) is 0.500. The van der Waals surface area contributed by atoms with Gasteiger partial charge in [-0.2, -0.15) is 0 Å². The summed E-state index contributed by atoms with van der Waals surface area (Å²) in [6.45, 7) is 0.0167. The summed E-state index contributed by atoms with van der Waals surface area (Å²) < 4.78 is 0. The van der Waals surface area contributed by atoms with Crippen molar-refractivity contribution in [1.29, 1.82) is 0 Å². The molecular formula is C6H11NO3. The molecule has 0 spiro atoms. The lowest BCUT2D eigenvalue weighted by Gasteiger charge is -1.96. The predicted octanol–water partition coefficient (Wildman–Crippen LogP) is -0.663. The molecule has 0 amide bonds. The van der Waals surface area contributed by atoms with E-state index >= 15 is 0 Å². The first-order valence-electron chi connectivity index (χ1n) is 2.94. The molecule has 4 nitrogen and oxygen atoms in total. The van der Waals surface area contributed by atoms with E-state index in [-0.39, 0.29) is 6.61 Å². The summed E-state index contributed by atoms with van der Waals surface area (Å²) in [4.78, 5) is 10.1. The molecule has 0 aromatic heterocycles. The highest BCUT2D eigenvalue weighted by Crippen LogP contribution is 1.85. The second-order valence-corrected chi connectivity index (χ2v) is 1.80. The Balaban J connectivity index is 3.55. The molecule has 0 radical (unpaired) electrons. The minimum absolute atomic E-state index is 0.0167. The maximum atomic E-state index is 10.1. The first kappa shape index (κ1) is 9.13. The number of aliphatic hydroxyl groups excluding tert-OH is 1. The lowest BCUT2D eigenvalue weighted by molar-refractivity contribution is -0.137. The van der Waals surface area contributed by atoms with Crippen LogP contribution in [0.5, 0.6) is 0 Å². The minimum atomic E-state index is -1.06. The number of aliphatic carboxylic acids is 1. The SMILES string of the molecule is N[C@H](C=CCCO)C(=O)O. The number of carbonyl (C=O) groups is 1. The van der Waals surface area contributed by atoms with Crippen LogP contribution in [0.25, 0.3) is 0 Å². The molecule has 0 aliphatic heterocycles. The van der Waals surface area contributed by atoms with Gasteiger partial charge in [0.25, 0.3) is 0 Å². The maximum Gasteiger partial charge on any atom is 0.324 e. The third-order valence-electron chi connectivity index (χ3n) is 0.924. The van der Waals surface area contributed by atoms with Crippen LogP contribution in [-0.2, 0) is 4.79 Å². The lowest BCUT2D eigenvalue weighted by Crippen LogP contribution is -2.27. The van der Waals surface area contributed by atoms with Crippen molar-refractivity contribution in [1.82, 2.24) is 0 Å². The van der Waals surface area contributed by atoms with Crippen molar-refractivity contribution in [3.63, 3.8) is 0 Å². The molecule has 0 aliphatic rings. The predicted molar refractivity (Wildman–Crippen MR) is 36.5 cm³/mol. The standard InChI is InChI=1S/C6H11NO3/c7-5(6(9)10)3-1-2-4-8/h1,3,5,8H,2,4,7H2,(H,9,10)/t5-/m1/s1. The monoisotopic (exact) mass is 145 g/mol. The first-order chi connectivity index (χ1) is 4.68. The van der Waals surface area contributed by atoms with E-state index in [0.717, 1.165) is 0 Å². The molecule has 0 saturated heterocycles. The van der Waals surface area contributed by atoms with Crippen LogP contribution in [-0.4, -0.2) is 28.8 Å². The zero-order valence-electron chi connectivity index (χ0n) is 5.53. The van der Waals surface area contributed by atoms with Crippen LogP contribution in [0.2, 0.25) is 0 Å². The number of hydrogen-bond donors (Lipinski definition) is 3. The molecule has 0 bridgehead atoms. The highest BCUT2D eigenvalue weighted by atomic mass is 16.4. The third kappa shape index (κ3) is 4.05. The van der Waals surface area contributed by atoms with Crippen LogP contribution in [0.1, 0.15) is 6.42 Å². The molecule has 0 aromatic carbocycles. The quantitative estimate of drug-likeness (QED) is 0.458. The van der Waals surface area contributed by atoms with Crippen LogP contribution in [0.4, 0.5) is 0 Å². The summed E-state index contributed by atoms with van der Waals surface area (Å²) >= 11 is 0. The summed E-state index contributed by atoms with van der Waals surface area (Å²) in [6, 6.07) is -0.952. The van der Waals surface area contributed by atoms with Crippen LogP contribution in [0.3, 0.4) is 0 Å². The zero-order valence-corrected chi connectivity index (χ0v) is 5.53. The molecule has 58 valence electrons. The normalized spacial score (nSPS) is 13.8. The Hall–Kier alpha value is -0.870. The molecular weight excluding hydrogens is 134 g/mol. The van der Waals surface area contributed by atoms with Crippen LogP contribution >= 0.6 is 0 Å². The Morgan fingerprint density at radius 2 is 2.30 bits per heavy atom. The molecule has 10 heavy (non-hydrogen) atoms. The number of rotatable bonds is 4. The van der Waals surface area contributed by atoms with E-state index in [1.54, 1.807) is 6.08 Å². The Kier molecular flexibility index (Phi) is 4.53. The van der Waals surface area contributed by atoms with Gasteiger partial charge in [0, 0.05) is 6.61 Å². The Bertz CT molecular complexity index is 133. The summed E-state index contributed by atoms with van der Waals surface area (Å²) in [5.74, 6) is -1.06. The zero-order chi connectivity index (χ0) is 7.98. The van der Waals surface area contributed by atoms with E-state index in [1.807, 2.05) is 0 Å². The van der Waals surface area contributed by atoms with E-state index in [9.17, 15) is 4.79 Å². The van der Waals surface area contributed by atoms with Crippen molar-refractivity contribution in [3.05, 3.63) is 12.2 Å². The molecule has 0 heterocycles. The van der Waals surface area contributed by atoms with Gasteiger partial charge in [-0.05, 0) is 6.42 Å². The van der Waals surface area contributed by atoms with Gasteiger partial charge in [-0.15, -0.1) is 0 Å². The minimum Gasteiger partial charge on any atom is -0.480 e. The first-order valence-corrected chi connectivity index (χ1v) is 2.94. The van der Waals surface area contributed by atoms with Gasteiger partial charge in [-0.3, -0.25) is 4.79 Å². The van der Waals surface area contributed by atoms with Crippen molar-refractivity contribution < 1.29 is 15.0 Å². The van der Waals surface area contributed by atoms with Crippen molar-refractivity contribution >= 4 is 5.97 Å². The number of carboxylic acids is 1. The Morgan fingerprint density at radius 1 is 1.70 bits per heavy atom. The topological polar surface area (TPSA) is 83.5 Å². The Labute approximate surface area is 59.0 Å². The summed E-state index contributed by atoms with van der Waals surface area (Å²) in [6.07, 6.45) is 3.33. The molecule has 0 rings (SSSR count). The van der Waals surface area contributed by atoms with Gasteiger partial charge in [0.2, 0.25) is 0 Å². The van der Waals surface area contributed by atoms with Gasteiger partial charge in [-0.25, -0.2) is 0 Å². The third-order valence-corrected chi connectivity index (χ3v) is 0.924. The van der Waals surface area contributed by atoms with Gasteiger partial charge in [-0.1, -0.05) is 12.2 Å². The fourth-order valence-electron chi connectivity index (χ4n) is 0.400. The summed E-state index contributed by atoms with van der Waals surface area (Å²) in [5, 5.41) is 16.5. The highest BCUT2D eigenvalue weighted by Gasteiger charge is 2.04. The van der Waals surface area contributed by atoms with Gasteiger partial charge in [0.15, 0.2) is 0 Å². The van der Waals surface area contributed by atoms with E-state index in [2.05, 4.69) is 0 Å². The fourth-order valence-corrected chi connectivity index (χ4v) is 0.400. The van der Waals surface area contributed by atoms with E-state index in [1.165, 1.54) is 6.08 Å². The molecule has 0 aliphatic carbocycles. The smallest absolute Gasteiger partial charge is 0.324 e. The lowest BCUT2D eigenvalue weighted by atomic mass is 10.2. The number of hydrogen-bond acceptors (Lipinski definition) is 3. The van der Waals surface area contributed by atoms with Crippen LogP contribution in [0, 0.1) is 0 Å². The van der Waals surface area contributed by atoms with Crippen molar-refractivity contribution in [3.8, 4) is 0 Å². The van der Waals surface area contributed by atoms with Crippen molar-refractivity contribution in [2.75, 3.05) is 6.61 Å². The van der Waals surface area contributed by atoms with Crippen LogP contribution < -0.4 is 5.73 Å². The van der Waals surface area contributed by atoms with E-state index in [0.29, 0.717) is 6.42 Å². The molecule has 0 aromatic rings. The van der Waals surface area contributed by atoms with Crippen molar-refractivity contribution in [2.45, 2.75) is 12.5 Å². The average Bonchev–Trinajstić information content (AvgIpc) is 1.88.